The summed E-state index contributed by atoms with van der Waals surface area (Å²) in [6.45, 7) is 4.90. The minimum absolute atomic E-state index is 0. The number of morpholine rings is 1. The van der Waals surface area contributed by atoms with Crippen molar-refractivity contribution in [2.24, 2.45) is 10.7 Å². The Kier molecular flexibility index (Phi) is 5.85. The molecule has 0 aromatic carbocycles. The average Bonchev–Trinajstić information content (AvgIpc) is 3.07. The van der Waals surface area contributed by atoms with E-state index in [4.69, 9.17) is 10.5 Å². The third-order valence-electron chi connectivity index (χ3n) is 3.51. The lowest BCUT2D eigenvalue weighted by Gasteiger charge is -2.32. The number of hydrogen-bond donors (Lipinski definition) is 1. The Bertz CT molecular complexity index is 347. The summed E-state index contributed by atoms with van der Waals surface area (Å²) < 4.78 is 16.9. The van der Waals surface area contributed by atoms with Gasteiger partial charge in [-0.15, -0.1) is 24.0 Å². The zero-order valence-electron chi connectivity index (χ0n) is 10.9. The van der Waals surface area contributed by atoms with Gasteiger partial charge in [0.05, 0.1) is 24.0 Å². The summed E-state index contributed by atoms with van der Waals surface area (Å²) in [4.78, 5) is 6.45. The molecular formula is C11H22IN3O2S. The number of nitrogens with two attached hydrogens (primary N) is 1. The SMILES string of the molecule is CC1CN(C(N)=NCC2(S(C)=O)CC2)CCO1.I. The van der Waals surface area contributed by atoms with Gasteiger partial charge < -0.3 is 15.4 Å². The maximum atomic E-state index is 11.5. The summed E-state index contributed by atoms with van der Waals surface area (Å²) in [5.74, 6) is 0.567. The number of guanidine groups is 1. The Morgan fingerprint density at radius 1 is 1.61 bits per heavy atom. The van der Waals surface area contributed by atoms with Crippen LogP contribution in [0.25, 0.3) is 0 Å². The molecule has 106 valence electrons. The zero-order chi connectivity index (χ0) is 12.5. The van der Waals surface area contributed by atoms with Gasteiger partial charge >= 0.3 is 0 Å². The van der Waals surface area contributed by atoms with E-state index in [0.29, 0.717) is 19.1 Å². The molecule has 1 saturated carbocycles. The van der Waals surface area contributed by atoms with Crippen LogP contribution >= 0.6 is 24.0 Å². The standard InChI is InChI=1S/C11H21N3O2S.HI/c1-9-7-14(5-6-16-9)10(12)13-8-11(3-4-11)17(2)15;/h9H,3-8H2,1-2H3,(H2,12,13);1H. The van der Waals surface area contributed by atoms with E-state index < -0.39 is 10.8 Å². The Balaban J connectivity index is 0.00000162. The van der Waals surface area contributed by atoms with Gasteiger partial charge in [0.15, 0.2) is 5.96 Å². The van der Waals surface area contributed by atoms with Gasteiger partial charge in [0, 0.05) is 30.1 Å². The first-order chi connectivity index (χ1) is 8.03. The van der Waals surface area contributed by atoms with Crippen LogP contribution in [0.2, 0.25) is 0 Å². The molecular weight excluding hydrogens is 365 g/mol. The highest BCUT2D eigenvalue weighted by atomic mass is 127. The van der Waals surface area contributed by atoms with E-state index in [-0.39, 0.29) is 34.8 Å². The molecule has 0 spiro atoms. The summed E-state index contributed by atoms with van der Waals surface area (Å²) >= 11 is 0. The number of ether oxygens (including phenoxy) is 1. The lowest BCUT2D eigenvalue weighted by Crippen LogP contribution is -2.48. The van der Waals surface area contributed by atoms with E-state index in [9.17, 15) is 4.21 Å². The first-order valence-corrected chi connectivity index (χ1v) is 7.59. The van der Waals surface area contributed by atoms with E-state index in [2.05, 4.69) is 4.99 Å². The highest BCUT2D eigenvalue weighted by Crippen LogP contribution is 2.41. The van der Waals surface area contributed by atoms with Gasteiger partial charge in [-0.1, -0.05) is 0 Å². The third kappa shape index (κ3) is 3.80. The molecule has 1 aliphatic carbocycles. The quantitative estimate of drug-likeness (QED) is 0.437. The summed E-state index contributed by atoms with van der Waals surface area (Å²) in [5.41, 5.74) is 5.97. The van der Waals surface area contributed by atoms with Gasteiger partial charge in [-0.2, -0.15) is 0 Å². The maximum absolute atomic E-state index is 11.5. The smallest absolute Gasteiger partial charge is 0.191 e. The molecule has 5 nitrogen and oxygen atoms in total. The van der Waals surface area contributed by atoms with Crippen LogP contribution in [0.4, 0.5) is 0 Å². The fourth-order valence-corrected chi connectivity index (χ4v) is 2.95. The fraction of sp³-hybridized carbons (Fsp3) is 0.909. The second kappa shape index (κ2) is 6.51. The third-order valence-corrected chi connectivity index (χ3v) is 5.27. The van der Waals surface area contributed by atoms with E-state index in [1.165, 1.54) is 0 Å². The Labute approximate surface area is 128 Å². The molecule has 0 bridgehead atoms. The van der Waals surface area contributed by atoms with Crippen molar-refractivity contribution in [3.05, 3.63) is 0 Å². The largest absolute Gasteiger partial charge is 0.375 e. The molecule has 0 aromatic rings. The molecule has 2 fully saturated rings. The maximum Gasteiger partial charge on any atom is 0.191 e. The van der Waals surface area contributed by atoms with Crippen LogP contribution < -0.4 is 5.73 Å². The molecule has 2 rings (SSSR count). The number of nitrogens with zero attached hydrogens (tertiary/aromatic N) is 2. The van der Waals surface area contributed by atoms with Crippen LogP contribution in [0, 0.1) is 0 Å². The predicted molar refractivity (Wildman–Crippen MR) is 84.9 cm³/mol. The van der Waals surface area contributed by atoms with Gasteiger partial charge in [0.2, 0.25) is 0 Å². The summed E-state index contributed by atoms with van der Waals surface area (Å²) in [6, 6.07) is 0. The zero-order valence-corrected chi connectivity index (χ0v) is 14.1. The molecule has 18 heavy (non-hydrogen) atoms. The second-order valence-electron chi connectivity index (χ2n) is 4.94. The van der Waals surface area contributed by atoms with Crippen LogP contribution in [0.15, 0.2) is 4.99 Å². The van der Waals surface area contributed by atoms with E-state index >= 15 is 0 Å². The number of aliphatic imine (C=N–C) groups is 1. The molecule has 0 amide bonds. The Morgan fingerprint density at radius 3 is 2.78 bits per heavy atom. The number of rotatable bonds is 3. The highest BCUT2D eigenvalue weighted by molar-refractivity contribution is 14.0. The molecule has 2 aliphatic rings. The first kappa shape index (κ1) is 16.2. The molecule has 1 aliphatic heterocycles. The van der Waals surface area contributed by atoms with Gasteiger partial charge in [0.1, 0.15) is 0 Å². The molecule has 2 atom stereocenters. The first-order valence-electron chi connectivity index (χ1n) is 6.03. The lowest BCUT2D eigenvalue weighted by molar-refractivity contribution is 0.00530. The molecule has 2 N–H and O–H groups in total. The lowest BCUT2D eigenvalue weighted by atomic mass is 10.3. The molecule has 0 radical (unpaired) electrons. The van der Waals surface area contributed by atoms with Crippen molar-refractivity contribution >= 4 is 40.7 Å². The molecule has 2 unspecified atom stereocenters. The minimum Gasteiger partial charge on any atom is -0.375 e. The predicted octanol–water partition coefficient (Wildman–Crippen LogP) is 0.551. The van der Waals surface area contributed by atoms with Crippen molar-refractivity contribution in [1.29, 1.82) is 0 Å². The van der Waals surface area contributed by atoms with E-state index in [1.807, 2.05) is 11.8 Å². The molecule has 1 heterocycles. The minimum atomic E-state index is -0.799. The van der Waals surface area contributed by atoms with Crippen molar-refractivity contribution in [2.75, 3.05) is 32.5 Å². The average molecular weight is 387 g/mol. The van der Waals surface area contributed by atoms with Gasteiger partial charge in [0.25, 0.3) is 0 Å². The highest BCUT2D eigenvalue weighted by Gasteiger charge is 2.46. The van der Waals surface area contributed by atoms with Crippen molar-refractivity contribution in [2.45, 2.75) is 30.6 Å². The topological polar surface area (TPSA) is 67.9 Å². The Hall–Kier alpha value is 0.110. The Morgan fingerprint density at radius 2 is 2.28 bits per heavy atom. The number of hydrogen-bond acceptors (Lipinski definition) is 3. The van der Waals surface area contributed by atoms with Gasteiger partial charge in [-0.25, -0.2) is 0 Å². The van der Waals surface area contributed by atoms with E-state index in [0.717, 1.165) is 25.9 Å². The summed E-state index contributed by atoms with van der Waals surface area (Å²) in [6.07, 6.45) is 3.97. The van der Waals surface area contributed by atoms with Gasteiger partial charge in [-0.3, -0.25) is 9.20 Å². The second-order valence-corrected chi connectivity index (χ2v) is 6.71. The van der Waals surface area contributed by atoms with Gasteiger partial charge in [-0.05, 0) is 19.8 Å². The fourth-order valence-electron chi connectivity index (χ4n) is 2.03. The molecule has 0 aromatic heterocycles. The van der Waals surface area contributed by atoms with Crippen molar-refractivity contribution < 1.29 is 8.95 Å². The normalized spacial score (nSPS) is 28.4. The van der Waals surface area contributed by atoms with Crippen molar-refractivity contribution in [3.8, 4) is 0 Å². The van der Waals surface area contributed by atoms with Crippen LogP contribution in [0.5, 0.6) is 0 Å². The monoisotopic (exact) mass is 387 g/mol. The number of halogens is 1. The van der Waals surface area contributed by atoms with Crippen molar-refractivity contribution in [3.63, 3.8) is 0 Å². The van der Waals surface area contributed by atoms with Crippen molar-refractivity contribution in [1.82, 2.24) is 4.90 Å². The van der Waals surface area contributed by atoms with E-state index in [1.54, 1.807) is 6.26 Å². The summed E-state index contributed by atoms with van der Waals surface area (Å²) in [5, 5.41) is 0. The molecule has 1 saturated heterocycles. The van der Waals surface area contributed by atoms with Crippen LogP contribution in [0.3, 0.4) is 0 Å². The summed E-state index contributed by atoms with van der Waals surface area (Å²) in [7, 11) is -0.799. The van der Waals surface area contributed by atoms with Crippen LogP contribution in [-0.4, -0.2) is 58.4 Å². The van der Waals surface area contributed by atoms with Crippen LogP contribution in [0.1, 0.15) is 19.8 Å². The molecule has 7 heteroatoms. The van der Waals surface area contributed by atoms with Crippen LogP contribution in [-0.2, 0) is 15.5 Å².